The highest BCUT2D eigenvalue weighted by atomic mass is 16.6. The average molecular weight is 293 g/mol. The molecule has 1 aliphatic rings. The maximum absolute atomic E-state index is 5.65. The fraction of sp³-hybridized carbons (Fsp3) is 0.800. The van der Waals surface area contributed by atoms with Crippen molar-refractivity contribution in [3.8, 4) is 0 Å². The highest BCUT2D eigenvalue weighted by molar-refractivity contribution is 4.97. The number of allylic oxidation sites excluding steroid dienone is 2. The van der Waals surface area contributed by atoms with E-state index in [1.807, 2.05) is 0 Å². The minimum atomic E-state index is 0.501. The van der Waals surface area contributed by atoms with Gasteiger partial charge in [0.2, 0.25) is 0 Å². The van der Waals surface area contributed by atoms with E-state index >= 15 is 0 Å². The minimum absolute atomic E-state index is 0.501. The molecule has 2 unspecified atom stereocenters. The van der Waals surface area contributed by atoms with Crippen molar-refractivity contribution in [1.82, 2.24) is 0 Å². The summed E-state index contributed by atoms with van der Waals surface area (Å²) in [6.07, 6.45) is 26.1. The van der Waals surface area contributed by atoms with Crippen molar-refractivity contribution in [2.24, 2.45) is 0 Å². The second-order valence-electron chi connectivity index (χ2n) is 6.30. The monoisotopic (exact) mass is 292 g/mol. The molecule has 1 saturated heterocycles. The van der Waals surface area contributed by atoms with Gasteiger partial charge in [-0.1, -0.05) is 83.1 Å². The van der Waals surface area contributed by atoms with Crippen molar-refractivity contribution in [2.75, 3.05) is 0 Å². The van der Waals surface area contributed by atoms with E-state index in [2.05, 4.69) is 38.2 Å². The van der Waals surface area contributed by atoms with Crippen LogP contribution in [0.5, 0.6) is 0 Å². The SMILES string of the molecule is CC/C=C\CC1OC1C/C=C\CCCCCCCCCC. The van der Waals surface area contributed by atoms with Crippen LogP contribution in [0.4, 0.5) is 0 Å². The van der Waals surface area contributed by atoms with Crippen LogP contribution in [-0.2, 0) is 4.74 Å². The number of hydrogen-bond donors (Lipinski definition) is 0. The minimum Gasteiger partial charge on any atom is -0.369 e. The molecule has 1 fully saturated rings. The second kappa shape index (κ2) is 13.1. The number of ether oxygens (including phenoxy) is 1. The lowest BCUT2D eigenvalue weighted by Crippen LogP contribution is -1.90. The van der Waals surface area contributed by atoms with Crippen LogP contribution in [0.1, 0.15) is 90.9 Å². The summed E-state index contributed by atoms with van der Waals surface area (Å²) in [6, 6.07) is 0. The van der Waals surface area contributed by atoms with Gasteiger partial charge in [-0.2, -0.15) is 0 Å². The van der Waals surface area contributed by atoms with Gasteiger partial charge >= 0.3 is 0 Å². The zero-order valence-electron chi connectivity index (χ0n) is 14.4. The van der Waals surface area contributed by atoms with Crippen molar-refractivity contribution in [1.29, 1.82) is 0 Å². The van der Waals surface area contributed by atoms with E-state index in [1.165, 1.54) is 57.8 Å². The molecule has 0 aromatic rings. The Morgan fingerprint density at radius 3 is 1.86 bits per heavy atom. The molecule has 1 heterocycles. The smallest absolute Gasteiger partial charge is 0.0879 e. The molecule has 0 aromatic heterocycles. The van der Waals surface area contributed by atoms with Gasteiger partial charge in [0.1, 0.15) is 0 Å². The van der Waals surface area contributed by atoms with Crippen molar-refractivity contribution in [3.05, 3.63) is 24.3 Å². The van der Waals surface area contributed by atoms with Crippen LogP contribution >= 0.6 is 0 Å². The molecule has 0 aromatic carbocycles. The number of rotatable bonds is 14. The van der Waals surface area contributed by atoms with E-state index in [1.54, 1.807) is 0 Å². The topological polar surface area (TPSA) is 12.5 Å². The van der Waals surface area contributed by atoms with Gasteiger partial charge in [-0.05, 0) is 32.1 Å². The van der Waals surface area contributed by atoms with Crippen LogP contribution < -0.4 is 0 Å². The first kappa shape index (κ1) is 18.5. The lowest BCUT2D eigenvalue weighted by Gasteiger charge is -1.99. The highest BCUT2D eigenvalue weighted by Gasteiger charge is 2.35. The fourth-order valence-corrected chi connectivity index (χ4v) is 2.74. The maximum atomic E-state index is 5.65. The molecule has 0 spiro atoms. The van der Waals surface area contributed by atoms with Crippen molar-refractivity contribution in [2.45, 2.75) is 103 Å². The summed E-state index contributed by atoms with van der Waals surface area (Å²) in [5.74, 6) is 0. The number of epoxide rings is 1. The van der Waals surface area contributed by atoms with E-state index in [9.17, 15) is 0 Å². The van der Waals surface area contributed by atoms with Crippen LogP contribution in [0, 0.1) is 0 Å². The maximum Gasteiger partial charge on any atom is 0.0879 e. The molecule has 1 rings (SSSR count). The van der Waals surface area contributed by atoms with Gasteiger partial charge in [-0.15, -0.1) is 0 Å². The molecule has 0 radical (unpaired) electrons. The summed E-state index contributed by atoms with van der Waals surface area (Å²) < 4.78 is 5.65. The molecule has 0 amide bonds. The van der Waals surface area contributed by atoms with Gasteiger partial charge in [-0.25, -0.2) is 0 Å². The summed E-state index contributed by atoms with van der Waals surface area (Å²) in [6.45, 7) is 4.46. The van der Waals surface area contributed by atoms with Gasteiger partial charge in [0, 0.05) is 0 Å². The Morgan fingerprint density at radius 2 is 1.24 bits per heavy atom. The molecule has 21 heavy (non-hydrogen) atoms. The Balaban J connectivity index is 1.81. The highest BCUT2D eigenvalue weighted by Crippen LogP contribution is 2.29. The summed E-state index contributed by atoms with van der Waals surface area (Å²) >= 11 is 0. The number of hydrogen-bond acceptors (Lipinski definition) is 1. The summed E-state index contributed by atoms with van der Waals surface area (Å²) in [7, 11) is 0. The predicted octanol–water partition coefficient (Wildman–Crippen LogP) is 6.59. The van der Waals surface area contributed by atoms with Gasteiger partial charge < -0.3 is 4.74 Å². The standard InChI is InChI=1S/C20H36O/c1-3-5-7-8-9-10-11-12-13-14-16-18-20-19(21-20)17-15-6-4-2/h6,14-16,19-20H,3-5,7-13,17-18H2,1-2H3/b15-6-,16-14-. The zero-order valence-corrected chi connectivity index (χ0v) is 14.4. The van der Waals surface area contributed by atoms with Crippen LogP contribution in [0.2, 0.25) is 0 Å². The van der Waals surface area contributed by atoms with E-state index < -0.39 is 0 Å². The lowest BCUT2D eigenvalue weighted by atomic mass is 10.1. The molecule has 0 saturated carbocycles. The molecule has 1 aliphatic heterocycles. The van der Waals surface area contributed by atoms with Crippen LogP contribution in [0.25, 0.3) is 0 Å². The van der Waals surface area contributed by atoms with Crippen LogP contribution in [-0.4, -0.2) is 12.2 Å². The Hall–Kier alpha value is -0.560. The molecule has 2 atom stereocenters. The molecule has 1 heteroatoms. The molecular formula is C20H36O. The Morgan fingerprint density at radius 1 is 0.667 bits per heavy atom. The van der Waals surface area contributed by atoms with Gasteiger partial charge in [0.05, 0.1) is 12.2 Å². The Kier molecular flexibility index (Phi) is 11.6. The summed E-state index contributed by atoms with van der Waals surface area (Å²) in [5, 5.41) is 0. The Bertz CT molecular complexity index is 280. The number of unbranched alkanes of at least 4 members (excludes halogenated alkanes) is 8. The molecule has 122 valence electrons. The van der Waals surface area contributed by atoms with Crippen molar-refractivity contribution >= 4 is 0 Å². The van der Waals surface area contributed by atoms with E-state index in [-0.39, 0.29) is 0 Å². The molecular weight excluding hydrogens is 256 g/mol. The van der Waals surface area contributed by atoms with E-state index in [4.69, 9.17) is 4.74 Å². The van der Waals surface area contributed by atoms with Gasteiger partial charge in [0.25, 0.3) is 0 Å². The third-order valence-electron chi connectivity index (χ3n) is 4.22. The summed E-state index contributed by atoms with van der Waals surface area (Å²) in [5.41, 5.74) is 0. The molecule has 0 N–H and O–H groups in total. The molecule has 0 bridgehead atoms. The van der Waals surface area contributed by atoms with E-state index in [0.29, 0.717) is 12.2 Å². The largest absolute Gasteiger partial charge is 0.369 e. The van der Waals surface area contributed by atoms with Crippen molar-refractivity contribution < 1.29 is 4.74 Å². The first-order valence-electron chi connectivity index (χ1n) is 9.34. The fourth-order valence-electron chi connectivity index (χ4n) is 2.74. The van der Waals surface area contributed by atoms with Gasteiger partial charge in [-0.3, -0.25) is 0 Å². The van der Waals surface area contributed by atoms with Crippen molar-refractivity contribution in [3.63, 3.8) is 0 Å². The van der Waals surface area contributed by atoms with E-state index in [0.717, 1.165) is 19.3 Å². The molecule has 0 aliphatic carbocycles. The Labute approximate surface area is 132 Å². The molecule has 1 nitrogen and oxygen atoms in total. The zero-order chi connectivity index (χ0) is 15.2. The average Bonchev–Trinajstić information content (AvgIpc) is 3.23. The first-order chi connectivity index (χ1) is 10.4. The normalized spacial score (nSPS) is 21.6. The van der Waals surface area contributed by atoms with Crippen LogP contribution in [0.15, 0.2) is 24.3 Å². The second-order valence-corrected chi connectivity index (χ2v) is 6.30. The summed E-state index contributed by atoms with van der Waals surface area (Å²) in [4.78, 5) is 0. The van der Waals surface area contributed by atoms with Crippen LogP contribution in [0.3, 0.4) is 0 Å². The third kappa shape index (κ3) is 10.8. The predicted molar refractivity (Wildman–Crippen MR) is 93.7 cm³/mol. The lowest BCUT2D eigenvalue weighted by molar-refractivity contribution is 0.372. The first-order valence-corrected chi connectivity index (χ1v) is 9.34. The third-order valence-corrected chi connectivity index (χ3v) is 4.22. The quantitative estimate of drug-likeness (QED) is 0.200. The van der Waals surface area contributed by atoms with Gasteiger partial charge in [0.15, 0.2) is 0 Å².